The standard InChI is InChI=1S/C20H36O2/c1-3-9-15(2)20(16-12-13-16)18-14-17(18)10-7-5-4-6-8-11-19(21)22/h15-18,20H,3-14H2,1-2H3,(H,21,22). The van der Waals surface area contributed by atoms with Crippen LogP contribution in [0.5, 0.6) is 0 Å². The van der Waals surface area contributed by atoms with Crippen molar-refractivity contribution in [3.8, 4) is 0 Å². The molecule has 22 heavy (non-hydrogen) atoms. The van der Waals surface area contributed by atoms with Crippen molar-refractivity contribution in [1.29, 1.82) is 0 Å². The summed E-state index contributed by atoms with van der Waals surface area (Å²) in [6, 6.07) is 0. The fraction of sp³-hybridized carbons (Fsp3) is 0.950. The van der Waals surface area contributed by atoms with Crippen LogP contribution in [-0.2, 0) is 4.79 Å². The second-order valence-corrected chi connectivity index (χ2v) is 8.04. The molecule has 0 aromatic carbocycles. The van der Waals surface area contributed by atoms with Crippen LogP contribution in [0, 0.1) is 29.6 Å². The van der Waals surface area contributed by atoms with Crippen LogP contribution in [0.25, 0.3) is 0 Å². The maximum absolute atomic E-state index is 10.4. The third kappa shape index (κ3) is 5.93. The van der Waals surface area contributed by atoms with E-state index < -0.39 is 5.97 Å². The first-order valence-corrected chi connectivity index (χ1v) is 9.85. The average molecular weight is 309 g/mol. The smallest absolute Gasteiger partial charge is 0.303 e. The minimum Gasteiger partial charge on any atom is -0.481 e. The lowest BCUT2D eigenvalue weighted by molar-refractivity contribution is -0.137. The molecule has 0 aromatic rings. The van der Waals surface area contributed by atoms with Crippen LogP contribution < -0.4 is 0 Å². The first-order chi connectivity index (χ1) is 10.6. The second kappa shape index (κ2) is 8.93. The SMILES string of the molecule is CCCC(C)C(C1CC1)C1CC1CCCCCCCC(=O)O. The normalized spacial score (nSPS) is 26.6. The molecule has 2 aliphatic rings. The zero-order valence-electron chi connectivity index (χ0n) is 14.7. The molecule has 0 spiro atoms. The number of aliphatic carboxylic acids is 1. The summed E-state index contributed by atoms with van der Waals surface area (Å²) in [6.45, 7) is 4.83. The van der Waals surface area contributed by atoms with Gasteiger partial charge in [0.1, 0.15) is 0 Å². The lowest BCUT2D eigenvalue weighted by atomic mass is 9.81. The fourth-order valence-electron chi connectivity index (χ4n) is 4.65. The van der Waals surface area contributed by atoms with E-state index in [0.29, 0.717) is 6.42 Å². The molecule has 0 aromatic heterocycles. The molecule has 4 unspecified atom stereocenters. The quantitative estimate of drug-likeness (QED) is 0.430. The first kappa shape index (κ1) is 17.8. The van der Waals surface area contributed by atoms with E-state index in [2.05, 4.69) is 13.8 Å². The monoisotopic (exact) mass is 308 g/mol. The largest absolute Gasteiger partial charge is 0.481 e. The highest BCUT2D eigenvalue weighted by Crippen LogP contribution is 2.57. The minimum absolute atomic E-state index is 0.350. The van der Waals surface area contributed by atoms with Crippen molar-refractivity contribution in [2.45, 2.75) is 90.9 Å². The van der Waals surface area contributed by atoms with E-state index in [-0.39, 0.29) is 0 Å². The molecule has 2 saturated carbocycles. The Kier molecular flexibility index (Phi) is 7.24. The molecule has 0 saturated heterocycles. The molecule has 4 atom stereocenters. The molecule has 0 bridgehead atoms. The van der Waals surface area contributed by atoms with E-state index >= 15 is 0 Å². The van der Waals surface area contributed by atoms with Crippen LogP contribution in [0.4, 0.5) is 0 Å². The Morgan fingerprint density at radius 1 is 1.14 bits per heavy atom. The summed E-state index contributed by atoms with van der Waals surface area (Å²) in [5.74, 6) is 4.51. The number of hydrogen-bond acceptors (Lipinski definition) is 1. The summed E-state index contributed by atoms with van der Waals surface area (Å²) in [5.41, 5.74) is 0. The van der Waals surface area contributed by atoms with Gasteiger partial charge in [0, 0.05) is 6.42 Å². The Balaban J connectivity index is 1.54. The Morgan fingerprint density at radius 2 is 1.82 bits per heavy atom. The highest BCUT2D eigenvalue weighted by atomic mass is 16.4. The lowest BCUT2D eigenvalue weighted by Crippen LogP contribution is -2.17. The second-order valence-electron chi connectivity index (χ2n) is 8.04. The van der Waals surface area contributed by atoms with Crippen molar-refractivity contribution in [1.82, 2.24) is 0 Å². The summed E-state index contributed by atoms with van der Waals surface area (Å²) >= 11 is 0. The van der Waals surface area contributed by atoms with Gasteiger partial charge in [0.25, 0.3) is 0 Å². The molecule has 2 rings (SSSR count). The number of hydrogen-bond donors (Lipinski definition) is 1. The maximum Gasteiger partial charge on any atom is 0.303 e. The number of rotatable bonds is 13. The Hall–Kier alpha value is -0.530. The predicted octanol–water partition coefficient (Wildman–Crippen LogP) is 5.90. The maximum atomic E-state index is 10.4. The number of carbonyl (C=O) groups is 1. The molecular weight excluding hydrogens is 272 g/mol. The van der Waals surface area contributed by atoms with Crippen LogP contribution >= 0.6 is 0 Å². The highest BCUT2D eigenvalue weighted by Gasteiger charge is 2.49. The molecule has 2 heteroatoms. The van der Waals surface area contributed by atoms with Gasteiger partial charge in [0.2, 0.25) is 0 Å². The van der Waals surface area contributed by atoms with E-state index in [0.717, 1.165) is 42.4 Å². The summed E-state index contributed by atoms with van der Waals surface area (Å²) in [6.07, 6.45) is 14.9. The van der Waals surface area contributed by atoms with Crippen molar-refractivity contribution >= 4 is 5.97 Å². The van der Waals surface area contributed by atoms with Gasteiger partial charge in [-0.25, -0.2) is 0 Å². The number of carboxylic acid groups (broad SMARTS) is 1. The predicted molar refractivity (Wildman–Crippen MR) is 91.8 cm³/mol. The van der Waals surface area contributed by atoms with Gasteiger partial charge < -0.3 is 5.11 Å². The molecule has 2 fully saturated rings. The van der Waals surface area contributed by atoms with E-state index in [4.69, 9.17) is 5.11 Å². The van der Waals surface area contributed by atoms with Crippen molar-refractivity contribution in [3.63, 3.8) is 0 Å². The van der Waals surface area contributed by atoms with Crippen molar-refractivity contribution in [2.24, 2.45) is 29.6 Å². The molecule has 0 radical (unpaired) electrons. The van der Waals surface area contributed by atoms with E-state index in [1.807, 2.05) is 0 Å². The fourth-order valence-corrected chi connectivity index (χ4v) is 4.65. The van der Waals surface area contributed by atoms with Crippen LogP contribution in [0.15, 0.2) is 0 Å². The van der Waals surface area contributed by atoms with Crippen molar-refractivity contribution < 1.29 is 9.90 Å². The van der Waals surface area contributed by atoms with E-state index in [9.17, 15) is 4.79 Å². The van der Waals surface area contributed by atoms with Gasteiger partial charge in [-0.2, -0.15) is 0 Å². The molecule has 1 N–H and O–H groups in total. The van der Waals surface area contributed by atoms with Crippen LogP contribution in [0.3, 0.4) is 0 Å². The molecular formula is C20H36O2. The zero-order valence-corrected chi connectivity index (χ0v) is 14.7. The summed E-state index contributed by atoms with van der Waals surface area (Å²) in [5, 5.41) is 8.61. The topological polar surface area (TPSA) is 37.3 Å². The van der Waals surface area contributed by atoms with Crippen molar-refractivity contribution in [3.05, 3.63) is 0 Å². The van der Waals surface area contributed by atoms with Gasteiger partial charge in [-0.05, 0) is 55.3 Å². The van der Waals surface area contributed by atoms with Crippen LogP contribution in [0.2, 0.25) is 0 Å². The zero-order chi connectivity index (χ0) is 15.9. The van der Waals surface area contributed by atoms with Crippen LogP contribution in [0.1, 0.15) is 90.9 Å². The molecule has 128 valence electrons. The number of unbranched alkanes of at least 4 members (excludes halogenated alkanes) is 4. The Morgan fingerprint density at radius 3 is 2.45 bits per heavy atom. The van der Waals surface area contributed by atoms with Gasteiger partial charge in [-0.15, -0.1) is 0 Å². The average Bonchev–Trinajstić information content (AvgIpc) is 3.35. The Bertz CT molecular complexity index is 335. The summed E-state index contributed by atoms with van der Waals surface area (Å²) < 4.78 is 0. The van der Waals surface area contributed by atoms with Gasteiger partial charge in [-0.3, -0.25) is 4.79 Å². The minimum atomic E-state index is -0.645. The third-order valence-electron chi connectivity index (χ3n) is 6.00. The summed E-state index contributed by atoms with van der Waals surface area (Å²) in [4.78, 5) is 10.4. The summed E-state index contributed by atoms with van der Waals surface area (Å²) in [7, 11) is 0. The van der Waals surface area contributed by atoms with E-state index in [1.165, 1.54) is 57.8 Å². The highest BCUT2D eigenvalue weighted by molar-refractivity contribution is 5.66. The molecule has 0 heterocycles. The molecule has 0 amide bonds. The van der Waals surface area contributed by atoms with Crippen LogP contribution in [-0.4, -0.2) is 11.1 Å². The van der Waals surface area contributed by atoms with Gasteiger partial charge in [0.15, 0.2) is 0 Å². The Labute approximate surface area is 137 Å². The molecule has 2 aliphatic carbocycles. The molecule has 0 aliphatic heterocycles. The lowest BCUT2D eigenvalue weighted by Gasteiger charge is -2.24. The number of carboxylic acids is 1. The van der Waals surface area contributed by atoms with Gasteiger partial charge in [-0.1, -0.05) is 58.8 Å². The van der Waals surface area contributed by atoms with Gasteiger partial charge >= 0.3 is 5.97 Å². The van der Waals surface area contributed by atoms with E-state index in [1.54, 1.807) is 0 Å². The third-order valence-corrected chi connectivity index (χ3v) is 6.00. The van der Waals surface area contributed by atoms with Crippen molar-refractivity contribution in [2.75, 3.05) is 0 Å². The first-order valence-electron chi connectivity index (χ1n) is 9.85. The molecule has 2 nitrogen and oxygen atoms in total. The van der Waals surface area contributed by atoms with Gasteiger partial charge in [0.05, 0.1) is 0 Å².